The van der Waals surface area contributed by atoms with E-state index in [0.717, 1.165) is 5.19 Å². The third-order valence-corrected chi connectivity index (χ3v) is 4.02. The van der Waals surface area contributed by atoms with Crippen LogP contribution in [-0.2, 0) is 0 Å². The molecule has 0 aliphatic carbocycles. The van der Waals surface area contributed by atoms with E-state index >= 15 is 0 Å². The Kier molecular flexibility index (Phi) is 2.66. The van der Waals surface area contributed by atoms with Crippen molar-refractivity contribution < 1.29 is 9.84 Å². The Bertz CT molecular complexity index is 302. The van der Waals surface area contributed by atoms with Gasteiger partial charge in [-0.25, -0.2) is 0 Å². The summed E-state index contributed by atoms with van der Waals surface area (Å²) in [5.74, 6) is 0.879. The Balaban J connectivity index is 3.29. The van der Waals surface area contributed by atoms with E-state index in [9.17, 15) is 5.11 Å². The van der Waals surface area contributed by atoms with Gasteiger partial charge in [0.25, 0.3) is 0 Å². The molecule has 3 heteroatoms. The van der Waals surface area contributed by atoms with E-state index in [1.54, 1.807) is 13.2 Å². The molecule has 0 aliphatic rings. The molecule has 0 saturated heterocycles. The van der Waals surface area contributed by atoms with E-state index < -0.39 is 8.07 Å². The summed E-state index contributed by atoms with van der Waals surface area (Å²) >= 11 is 0. The maximum Gasteiger partial charge on any atom is 0.159 e. The zero-order valence-corrected chi connectivity index (χ0v) is 9.59. The predicted octanol–water partition coefficient (Wildman–Crippen LogP) is 1.95. The average molecular weight is 196 g/mol. The van der Waals surface area contributed by atoms with Crippen molar-refractivity contribution in [2.45, 2.75) is 19.6 Å². The second-order valence-corrected chi connectivity index (χ2v) is 9.15. The molecule has 0 spiro atoms. The first kappa shape index (κ1) is 10.1. The van der Waals surface area contributed by atoms with Gasteiger partial charge in [-0.1, -0.05) is 31.8 Å². The number of hydrogen-bond donors (Lipinski definition) is 1. The van der Waals surface area contributed by atoms with Gasteiger partial charge >= 0.3 is 0 Å². The SMILES string of the molecule is COc1c(O)cccc1[Si](C)(C)C. The molecule has 0 aliphatic heterocycles. The molecule has 13 heavy (non-hydrogen) atoms. The number of benzene rings is 1. The lowest BCUT2D eigenvalue weighted by Gasteiger charge is -2.20. The van der Waals surface area contributed by atoms with Crippen molar-refractivity contribution in [1.82, 2.24) is 0 Å². The Morgan fingerprint density at radius 1 is 1.23 bits per heavy atom. The third-order valence-electron chi connectivity index (χ3n) is 2.01. The van der Waals surface area contributed by atoms with Crippen molar-refractivity contribution in [3.63, 3.8) is 0 Å². The quantitative estimate of drug-likeness (QED) is 0.733. The number of para-hydroxylation sites is 1. The van der Waals surface area contributed by atoms with Crippen molar-refractivity contribution in [2.75, 3.05) is 7.11 Å². The molecule has 0 atom stereocenters. The van der Waals surface area contributed by atoms with E-state index in [0.29, 0.717) is 5.75 Å². The van der Waals surface area contributed by atoms with Crippen LogP contribution in [0.4, 0.5) is 0 Å². The third kappa shape index (κ3) is 2.04. The van der Waals surface area contributed by atoms with Crippen molar-refractivity contribution in [2.24, 2.45) is 0 Å². The minimum Gasteiger partial charge on any atom is -0.504 e. The molecule has 0 radical (unpaired) electrons. The smallest absolute Gasteiger partial charge is 0.159 e. The lowest BCUT2D eigenvalue weighted by atomic mass is 10.3. The Morgan fingerprint density at radius 3 is 2.23 bits per heavy atom. The number of phenolic OH excluding ortho intramolecular Hbond substituents is 1. The van der Waals surface area contributed by atoms with Crippen LogP contribution >= 0.6 is 0 Å². The maximum atomic E-state index is 9.55. The fraction of sp³-hybridized carbons (Fsp3) is 0.400. The summed E-state index contributed by atoms with van der Waals surface area (Å²) in [4.78, 5) is 0. The van der Waals surface area contributed by atoms with Crippen molar-refractivity contribution >= 4 is 13.3 Å². The molecule has 0 unspecified atom stereocenters. The van der Waals surface area contributed by atoms with E-state index in [1.807, 2.05) is 12.1 Å². The van der Waals surface area contributed by atoms with E-state index in [2.05, 4.69) is 19.6 Å². The molecule has 1 aromatic rings. The van der Waals surface area contributed by atoms with E-state index in [1.165, 1.54) is 0 Å². The van der Waals surface area contributed by atoms with Crippen LogP contribution in [-0.4, -0.2) is 20.3 Å². The fourth-order valence-corrected chi connectivity index (χ4v) is 2.84. The molecule has 0 bridgehead atoms. The summed E-state index contributed by atoms with van der Waals surface area (Å²) in [6, 6.07) is 5.55. The second-order valence-electron chi connectivity index (χ2n) is 4.11. The maximum absolute atomic E-state index is 9.55. The van der Waals surface area contributed by atoms with Crippen LogP contribution in [0.2, 0.25) is 19.6 Å². The van der Waals surface area contributed by atoms with Gasteiger partial charge in [0.1, 0.15) is 0 Å². The first-order chi connectivity index (χ1) is 5.96. The summed E-state index contributed by atoms with van der Waals surface area (Å²) in [5, 5.41) is 10.7. The highest BCUT2D eigenvalue weighted by molar-refractivity contribution is 6.89. The minimum absolute atomic E-state index is 0.238. The van der Waals surface area contributed by atoms with Gasteiger partial charge < -0.3 is 9.84 Å². The first-order valence-corrected chi connectivity index (χ1v) is 7.83. The minimum atomic E-state index is -1.42. The number of rotatable bonds is 2. The normalized spacial score (nSPS) is 11.4. The molecule has 1 aromatic carbocycles. The molecular weight excluding hydrogens is 180 g/mol. The van der Waals surface area contributed by atoms with Crippen LogP contribution in [0, 0.1) is 0 Å². The van der Waals surface area contributed by atoms with Gasteiger partial charge in [-0.2, -0.15) is 0 Å². The summed E-state index contributed by atoms with van der Waals surface area (Å²) in [6.45, 7) is 6.68. The molecule has 0 aromatic heterocycles. The Morgan fingerprint density at radius 2 is 1.85 bits per heavy atom. The van der Waals surface area contributed by atoms with Gasteiger partial charge in [0.2, 0.25) is 0 Å². The number of methoxy groups -OCH3 is 1. The summed E-state index contributed by atoms with van der Waals surface area (Å²) in [6.07, 6.45) is 0. The molecule has 0 saturated carbocycles. The van der Waals surface area contributed by atoms with Crippen LogP contribution in [0.5, 0.6) is 11.5 Å². The topological polar surface area (TPSA) is 29.5 Å². The largest absolute Gasteiger partial charge is 0.504 e. The van der Waals surface area contributed by atoms with Gasteiger partial charge in [0.05, 0.1) is 15.2 Å². The number of hydrogen-bond acceptors (Lipinski definition) is 2. The summed E-state index contributed by atoms with van der Waals surface area (Å²) < 4.78 is 5.19. The van der Waals surface area contributed by atoms with Gasteiger partial charge in [-0.15, -0.1) is 0 Å². The number of ether oxygens (including phenoxy) is 1. The van der Waals surface area contributed by atoms with E-state index in [-0.39, 0.29) is 5.75 Å². The molecule has 0 heterocycles. The molecular formula is C10H16O2Si. The highest BCUT2D eigenvalue weighted by atomic mass is 28.3. The van der Waals surface area contributed by atoms with Gasteiger partial charge in [0, 0.05) is 0 Å². The van der Waals surface area contributed by atoms with Crippen LogP contribution in [0.3, 0.4) is 0 Å². The summed E-state index contributed by atoms with van der Waals surface area (Å²) in [5.41, 5.74) is 0. The van der Waals surface area contributed by atoms with E-state index in [4.69, 9.17) is 4.74 Å². The fourth-order valence-electron chi connectivity index (χ4n) is 1.33. The molecule has 0 amide bonds. The summed E-state index contributed by atoms with van der Waals surface area (Å²) in [7, 11) is 0.181. The highest BCUT2D eigenvalue weighted by Crippen LogP contribution is 2.25. The lowest BCUT2D eigenvalue weighted by Crippen LogP contribution is -2.38. The monoisotopic (exact) mass is 196 g/mol. The average Bonchev–Trinajstić information content (AvgIpc) is 2.02. The standard InChI is InChI=1S/C10H16O2Si/c1-12-10-8(11)6-5-7-9(10)13(2,3)4/h5-7,11H,1-4H3. The van der Waals surface area contributed by atoms with Crippen LogP contribution in [0.25, 0.3) is 0 Å². The van der Waals surface area contributed by atoms with Crippen LogP contribution in [0.15, 0.2) is 18.2 Å². The van der Waals surface area contributed by atoms with Gasteiger partial charge in [-0.05, 0) is 11.3 Å². The molecule has 1 rings (SSSR count). The van der Waals surface area contributed by atoms with Crippen molar-refractivity contribution in [3.8, 4) is 11.5 Å². The first-order valence-electron chi connectivity index (χ1n) is 4.33. The molecule has 0 fully saturated rings. The highest BCUT2D eigenvalue weighted by Gasteiger charge is 2.22. The van der Waals surface area contributed by atoms with Gasteiger partial charge in [-0.3, -0.25) is 0 Å². The molecule has 72 valence electrons. The predicted molar refractivity (Wildman–Crippen MR) is 57.6 cm³/mol. The number of aromatic hydroxyl groups is 1. The Labute approximate surface area is 80.2 Å². The van der Waals surface area contributed by atoms with Crippen molar-refractivity contribution in [3.05, 3.63) is 18.2 Å². The second kappa shape index (κ2) is 3.42. The molecule has 2 nitrogen and oxygen atoms in total. The number of phenols is 1. The van der Waals surface area contributed by atoms with Gasteiger partial charge in [0.15, 0.2) is 11.5 Å². The molecule has 1 N–H and O–H groups in total. The van der Waals surface area contributed by atoms with Crippen LogP contribution < -0.4 is 9.92 Å². The Hall–Kier alpha value is -0.963. The lowest BCUT2D eigenvalue weighted by molar-refractivity contribution is 0.376. The zero-order valence-electron chi connectivity index (χ0n) is 8.59. The van der Waals surface area contributed by atoms with Crippen LogP contribution in [0.1, 0.15) is 0 Å². The van der Waals surface area contributed by atoms with Crippen molar-refractivity contribution in [1.29, 1.82) is 0 Å². The zero-order chi connectivity index (χ0) is 10.1.